The number of ether oxygens (including phenoxy) is 1. The van der Waals surface area contributed by atoms with Crippen molar-refractivity contribution in [3.63, 3.8) is 0 Å². The van der Waals surface area contributed by atoms with Crippen molar-refractivity contribution in [1.82, 2.24) is 59.8 Å². The Morgan fingerprint density at radius 3 is 1.58 bits per heavy atom. The molecule has 10 rings (SSSR count). The number of benzene rings is 2. The summed E-state index contributed by atoms with van der Waals surface area (Å²) in [5.74, 6) is 0.964. The summed E-state index contributed by atoms with van der Waals surface area (Å²) in [5.41, 5.74) is 12.3. The second kappa shape index (κ2) is 20.1. The van der Waals surface area contributed by atoms with Gasteiger partial charge in [-0.15, -0.1) is 0 Å². The standard InChI is InChI=1S/C25H27N9O.C24H29N5O2.CH4/c1-2-21-20(13-34(31-21)15-24(35)33-8-7-22-23(14-33)30-32-29-22)18-11-26-25(27-12-18)28-19-9-16-5-3-4-6-17(16)10-19;1-5-21-20(14-29(28-21)15-22(30)31-24(2,3)4)18-12-25-23(26-13-18)27-19-10-16-8-6-7-9-17(16)11-19;/h3-6,11-13,19H,2,7-10,14-15H2,1H3,(H,26,27,28)(H,29,30,32);6-9,12-14,19H,5,10-11,15H2,1-4H3,(H,25,26,27);1H4. The number of nitrogens with one attached hydrogen (secondary N) is 3. The van der Waals surface area contributed by atoms with E-state index < -0.39 is 5.60 Å². The Balaban J connectivity index is 0.000000180. The van der Waals surface area contributed by atoms with E-state index in [0.29, 0.717) is 43.5 Å². The fraction of sp³-hybridized carbons (Fsp3) is 0.400. The van der Waals surface area contributed by atoms with Crippen LogP contribution in [-0.2, 0) is 78.9 Å². The molecule has 0 radical (unpaired) electrons. The molecule has 1 amide bonds. The van der Waals surface area contributed by atoms with Crippen LogP contribution in [0.25, 0.3) is 22.3 Å². The second-order valence-electron chi connectivity index (χ2n) is 18.1. The van der Waals surface area contributed by atoms with E-state index in [0.717, 1.165) is 83.6 Å². The third-order valence-corrected chi connectivity index (χ3v) is 12.1. The maximum absolute atomic E-state index is 12.9. The van der Waals surface area contributed by atoms with Crippen LogP contribution in [0.5, 0.6) is 0 Å². The minimum atomic E-state index is -0.516. The van der Waals surface area contributed by atoms with E-state index in [1.165, 1.54) is 22.3 Å². The lowest BCUT2D eigenvalue weighted by Crippen LogP contribution is -2.38. The number of carbonyl (C=O) groups excluding carboxylic acids is 2. The average Bonchev–Trinajstić information content (AvgIpc) is 4.16. The van der Waals surface area contributed by atoms with Crippen LogP contribution in [0.3, 0.4) is 0 Å². The molecule has 7 aromatic rings. The molecule has 348 valence electrons. The molecular formula is C50H60N14O3. The van der Waals surface area contributed by atoms with Crippen LogP contribution in [0.2, 0.25) is 0 Å². The predicted octanol–water partition coefficient (Wildman–Crippen LogP) is 6.64. The minimum absolute atomic E-state index is 0. The zero-order valence-electron chi connectivity index (χ0n) is 38.2. The van der Waals surface area contributed by atoms with E-state index >= 15 is 0 Å². The van der Waals surface area contributed by atoms with Gasteiger partial charge in [-0.05, 0) is 81.5 Å². The van der Waals surface area contributed by atoms with Gasteiger partial charge in [-0.1, -0.05) is 69.8 Å². The molecule has 17 nitrogen and oxygen atoms in total. The minimum Gasteiger partial charge on any atom is -0.459 e. The van der Waals surface area contributed by atoms with Gasteiger partial charge in [0.25, 0.3) is 0 Å². The normalized spacial score (nSPS) is 14.3. The number of rotatable bonds is 12. The Labute approximate surface area is 391 Å². The monoisotopic (exact) mass is 904 g/mol. The highest BCUT2D eigenvalue weighted by molar-refractivity contribution is 5.76. The van der Waals surface area contributed by atoms with Crippen molar-refractivity contribution in [2.75, 3.05) is 17.2 Å². The third kappa shape index (κ3) is 11.0. The van der Waals surface area contributed by atoms with Crippen LogP contribution in [0, 0.1) is 0 Å². The number of aromatic nitrogens is 11. The highest BCUT2D eigenvalue weighted by atomic mass is 16.6. The number of esters is 1. The van der Waals surface area contributed by atoms with Crippen LogP contribution in [-0.4, -0.2) is 95.9 Å². The number of aromatic amines is 1. The molecular weight excluding hydrogens is 845 g/mol. The third-order valence-electron chi connectivity index (χ3n) is 12.1. The first kappa shape index (κ1) is 46.2. The first-order valence-corrected chi connectivity index (χ1v) is 22.8. The molecule has 6 heterocycles. The van der Waals surface area contributed by atoms with E-state index in [4.69, 9.17) is 4.74 Å². The SMILES string of the molecule is C.CCc1nn(CC(=O)N2CCc3n[nH]nc3C2)cc1-c1cnc(NC2Cc3ccccc3C2)nc1.CCc1nn(CC(=O)OC(C)(C)C)cc1-c1cnc(NC2Cc3ccccc3C2)nc1. The predicted molar refractivity (Wildman–Crippen MR) is 256 cm³/mol. The average molecular weight is 905 g/mol. The number of aryl methyl sites for hydroxylation is 2. The Morgan fingerprint density at radius 1 is 0.687 bits per heavy atom. The maximum Gasteiger partial charge on any atom is 0.328 e. The second-order valence-corrected chi connectivity index (χ2v) is 18.1. The van der Waals surface area contributed by atoms with Crippen molar-refractivity contribution < 1.29 is 14.3 Å². The highest BCUT2D eigenvalue weighted by Crippen LogP contribution is 2.28. The van der Waals surface area contributed by atoms with E-state index in [2.05, 4.69) is 112 Å². The molecule has 0 saturated carbocycles. The van der Waals surface area contributed by atoms with Crippen LogP contribution in [0.1, 0.15) is 87.1 Å². The molecule has 2 aromatic carbocycles. The zero-order valence-corrected chi connectivity index (χ0v) is 38.2. The first-order chi connectivity index (χ1) is 32.0. The smallest absolute Gasteiger partial charge is 0.328 e. The summed E-state index contributed by atoms with van der Waals surface area (Å²) in [7, 11) is 0. The van der Waals surface area contributed by atoms with Gasteiger partial charge >= 0.3 is 5.97 Å². The highest BCUT2D eigenvalue weighted by Gasteiger charge is 2.26. The molecule has 5 aromatic heterocycles. The largest absolute Gasteiger partial charge is 0.459 e. The van der Waals surface area contributed by atoms with Gasteiger partial charge in [-0.3, -0.25) is 19.0 Å². The van der Waals surface area contributed by atoms with Crippen LogP contribution in [0.4, 0.5) is 11.9 Å². The van der Waals surface area contributed by atoms with E-state index in [-0.39, 0.29) is 32.4 Å². The van der Waals surface area contributed by atoms with Gasteiger partial charge in [-0.2, -0.15) is 25.6 Å². The molecule has 1 aliphatic heterocycles. The molecule has 0 unspecified atom stereocenters. The molecule has 0 saturated heterocycles. The molecule has 67 heavy (non-hydrogen) atoms. The van der Waals surface area contributed by atoms with Gasteiger partial charge in [-0.25, -0.2) is 19.9 Å². The number of fused-ring (bicyclic) bond motifs is 3. The number of carbonyl (C=O) groups is 2. The fourth-order valence-corrected chi connectivity index (χ4v) is 8.92. The van der Waals surface area contributed by atoms with Crippen molar-refractivity contribution in [3.05, 3.63) is 131 Å². The topological polar surface area (TPSA) is 199 Å². The number of nitrogens with zero attached hydrogens (tertiary/aromatic N) is 11. The first-order valence-electron chi connectivity index (χ1n) is 22.8. The van der Waals surface area contributed by atoms with Crippen molar-refractivity contribution in [2.45, 2.75) is 124 Å². The quantitative estimate of drug-likeness (QED) is 0.110. The van der Waals surface area contributed by atoms with Crippen molar-refractivity contribution >= 4 is 23.8 Å². The molecule has 0 fully saturated rings. The Morgan fingerprint density at radius 2 is 1.13 bits per heavy atom. The summed E-state index contributed by atoms with van der Waals surface area (Å²) in [6, 6.07) is 17.7. The van der Waals surface area contributed by atoms with E-state index in [9.17, 15) is 9.59 Å². The van der Waals surface area contributed by atoms with Gasteiger partial charge in [0.1, 0.15) is 24.4 Å². The van der Waals surface area contributed by atoms with Crippen LogP contribution in [0.15, 0.2) is 85.7 Å². The molecule has 0 spiro atoms. The van der Waals surface area contributed by atoms with E-state index in [1.807, 2.05) is 69.8 Å². The zero-order chi connectivity index (χ0) is 45.8. The van der Waals surface area contributed by atoms with Crippen molar-refractivity contribution in [1.29, 1.82) is 0 Å². The van der Waals surface area contributed by atoms with Crippen LogP contribution < -0.4 is 10.6 Å². The lowest BCUT2D eigenvalue weighted by atomic mass is 10.1. The number of anilines is 2. The molecule has 2 aliphatic carbocycles. The number of hydrogen-bond acceptors (Lipinski definition) is 13. The fourth-order valence-electron chi connectivity index (χ4n) is 8.92. The maximum atomic E-state index is 12.9. The molecule has 0 atom stereocenters. The summed E-state index contributed by atoms with van der Waals surface area (Å²) in [6.45, 7) is 11.0. The summed E-state index contributed by atoms with van der Waals surface area (Å²) in [5, 5.41) is 27.0. The summed E-state index contributed by atoms with van der Waals surface area (Å²) in [4.78, 5) is 45.0. The number of hydrogen-bond donors (Lipinski definition) is 3. The Hall–Kier alpha value is -7.30. The Kier molecular flexibility index (Phi) is 13.8. The summed E-state index contributed by atoms with van der Waals surface area (Å²) < 4.78 is 8.75. The Bertz CT molecular complexity index is 2760. The summed E-state index contributed by atoms with van der Waals surface area (Å²) >= 11 is 0. The van der Waals surface area contributed by atoms with Gasteiger partial charge in [0.15, 0.2) is 0 Å². The van der Waals surface area contributed by atoms with Gasteiger partial charge in [0, 0.05) is 84.5 Å². The lowest BCUT2D eigenvalue weighted by molar-refractivity contribution is -0.155. The molecule has 17 heteroatoms. The number of H-pyrrole nitrogens is 1. The van der Waals surface area contributed by atoms with Gasteiger partial charge < -0.3 is 20.3 Å². The molecule has 3 aliphatic rings. The summed E-state index contributed by atoms with van der Waals surface area (Å²) in [6.07, 6.45) is 17.2. The molecule has 3 N–H and O–H groups in total. The van der Waals surface area contributed by atoms with E-state index in [1.54, 1.807) is 9.36 Å². The molecule has 0 bridgehead atoms. The van der Waals surface area contributed by atoms with Crippen LogP contribution >= 0.6 is 0 Å². The van der Waals surface area contributed by atoms with Crippen molar-refractivity contribution in [3.8, 4) is 22.3 Å². The van der Waals surface area contributed by atoms with Gasteiger partial charge in [0.05, 0.1) is 23.6 Å². The van der Waals surface area contributed by atoms with Gasteiger partial charge in [0.2, 0.25) is 17.8 Å². The number of amides is 1. The van der Waals surface area contributed by atoms with Crippen molar-refractivity contribution in [2.24, 2.45) is 0 Å². The lowest BCUT2D eigenvalue weighted by Gasteiger charge is -2.25.